The maximum atomic E-state index is 10.7. The van der Waals surface area contributed by atoms with Crippen LogP contribution in [0.4, 0.5) is 0 Å². The lowest BCUT2D eigenvalue weighted by atomic mass is 10.2. The molecule has 4 heteroatoms. The van der Waals surface area contributed by atoms with Crippen molar-refractivity contribution in [3.63, 3.8) is 0 Å². The van der Waals surface area contributed by atoms with Crippen molar-refractivity contribution in [3.8, 4) is 11.2 Å². The van der Waals surface area contributed by atoms with Crippen LogP contribution in [-0.4, -0.2) is 14.7 Å². The first-order chi connectivity index (χ1) is 5.99. The predicted molar refractivity (Wildman–Crippen MR) is 55.9 cm³/mol. The van der Waals surface area contributed by atoms with Gasteiger partial charge in [-0.15, -0.1) is 0 Å². The van der Waals surface area contributed by atoms with Gasteiger partial charge in [-0.1, -0.05) is 12.1 Å². The summed E-state index contributed by atoms with van der Waals surface area (Å²) in [4.78, 5) is 0. The zero-order chi connectivity index (χ0) is 9.90. The SMILES string of the molecule is CS(=O)(=O)C#Cc1ccccc1Br. The Balaban J connectivity index is 3.11. The van der Waals surface area contributed by atoms with Crippen molar-refractivity contribution in [1.29, 1.82) is 0 Å². The fourth-order valence-corrected chi connectivity index (χ4v) is 1.39. The van der Waals surface area contributed by atoms with E-state index in [1.165, 1.54) is 0 Å². The summed E-state index contributed by atoms with van der Waals surface area (Å²) in [6.07, 6.45) is 1.08. The Hall–Kier alpha value is -0.790. The van der Waals surface area contributed by atoms with E-state index in [2.05, 4.69) is 27.1 Å². The van der Waals surface area contributed by atoms with E-state index in [1.54, 1.807) is 12.1 Å². The van der Waals surface area contributed by atoms with Crippen molar-refractivity contribution in [3.05, 3.63) is 34.3 Å². The summed E-state index contributed by atoms with van der Waals surface area (Å²) in [5.74, 6) is 2.57. The highest BCUT2D eigenvalue weighted by atomic mass is 79.9. The molecule has 0 heterocycles. The minimum Gasteiger partial charge on any atom is -0.216 e. The summed E-state index contributed by atoms with van der Waals surface area (Å²) in [6.45, 7) is 0. The monoisotopic (exact) mass is 258 g/mol. The summed E-state index contributed by atoms with van der Waals surface area (Å²) in [5.41, 5.74) is 0.674. The van der Waals surface area contributed by atoms with Crippen molar-refractivity contribution in [2.75, 3.05) is 6.26 Å². The van der Waals surface area contributed by atoms with E-state index in [-0.39, 0.29) is 0 Å². The lowest BCUT2D eigenvalue weighted by molar-refractivity contribution is 0.611. The van der Waals surface area contributed by atoms with Gasteiger partial charge in [0.1, 0.15) is 0 Å². The van der Waals surface area contributed by atoms with Crippen LogP contribution in [0.15, 0.2) is 28.7 Å². The molecule has 1 aromatic carbocycles. The zero-order valence-electron chi connectivity index (χ0n) is 6.91. The van der Waals surface area contributed by atoms with E-state index in [0.717, 1.165) is 10.7 Å². The molecular formula is C9H7BrO2S. The molecule has 0 amide bonds. The van der Waals surface area contributed by atoms with E-state index in [1.807, 2.05) is 12.1 Å². The zero-order valence-corrected chi connectivity index (χ0v) is 9.31. The van der Waals surface area contributed by atoms with Crippen molar-refractivity contribution >= 4 is 25.8 Å². The molecule has 0 unspecified atom stereocenters. The molecule has 0 aromatic heterocycles. The number of benzene rings is 1. The van der Waals surface area contributed by atoms with Crippen molar-refractivity contribution < 1.29 is 8.42 Å². The first kappa shape index (κ1) is 10.3. The Labute approximate surface area is 86.0 Å². The fourth-order valence-electron chi connectivity index (χ4n) is 0.710. The van der Waals surface area contributed by atoms with Crippen LogP contribution in [-0.2, 0) is 9.84 Å². The molecule has 0 saturated carbocycles. The summed E-state index contributed by atoms with van der Waals surface area (Å²) < 4.78 is 22.3. The van der Waals surface area contributed by atoms with Crippen molar-refractivity contribution in [2.24, 2.45) is 0 Å². The average Bonchev–Trinajstić information content (AvgIpc) is 2.01. The Morgan fingerprint density at radius 2 is 1.92 bits per heavy atom. The standard InChI is InChI=1S/C9H7BrO2S/c1-13(11,12)7-6-8-4-2-3-5-9(8)10/h2-5H,1H3. The number of hydrogen-bond acceptors (Lipinski definition) is 2. The number of sulfone groups is 1. The number of rotatable bonds is 0. The molecule has 0 saturated heterocycles. The Morgan fingerprint density at radius 3 is 2.46 bits per heavy atom. The summed E-state index contributed by atoms with van der Waals surface area (Å²) in [6, 6.07) is 7.21. The topological polar surface area (TPSA) is 34.1 Å². The molecule has 0 aliphatic heterocycles. The smallest absolute Gasteiger partial charge is 0.214 e. The van der Waals surface area contributed by atoms with Gasteiger partial charge in [0, 0.05) is 15.3 Å². The second kappa shape index (κ2) is 3.95. The molecule has 0 aliphatic rings. The van der Waals surface area contributed by atoms with E-state index >= 15 is 0 Å². The van der Waals surface area contributed by atoms with Crippen LogP contribution in [0.25, 0.3) is 0 Å². The van der Waals surface area contributed by atoms with Gasteiger partial charge in [-0.3, -0.25) is 0 Å². The summed E-state index contributed by atoms with van der Waals surface area (Å²) in [7, 11) is -3.22. The normalized spacial score (nSPS) is 10.3. The molecule has 2 nitrogen and oxygen atoms in total. The van der Waals surface area contributed by atoms with Gasteiger partial charge in [-0.2, -0.15) is 0 Å². The van der Waals surface area contributed by atoms with Gasteiger partial charge < -0.3 is 0 Å². The van der Waals surface area contributed by atoms with E-state index in [4.69, 9.17) is 0 Å². The molecule has 0 spiro atoms. The molecule has 0 fully saturated rings. The highest BCUT2D eigenvalue weighted by Crippen LogP contribution is 2.14. The minimum atomic E-state index is -3.22. The Kier molecular flexibility index (Phi) is 3.12. The molecule has 13 heavy (non-hydrogen) atoms. The number of halogens is 1. The van der Waals surface area contributed by atoms with Crippen molar-refractivity contribution in [2.45, 2.75) is 0 Å². The third-order valence-electron chi connectivity index (χ3n) is 1.24. The largest absolute Gasteiger partial charge is 0.216 e. The molecular weight excluding hydrogens is 252 g/mol. The van der Waals surface area contributed by atoms with Crippen LogP contribution in [0.1, 0.15) is 5.56 Å². The third kappa shape index (κ3) is 3.62. The molecule has 1 rings (SSSR count). The van der Waals surface area contributed by atoms with Crippen molar-refractivity contribution in [1.82, 2.24) is 0 Å². The predicted octanol–water partition coefficient (Wildman–Crippen LogP) is 1.80. The lowest BCUT2D eigenvalue weighted by Crippen LogP contribution is -1.89. The minimum absolute atomic E-state index is 0.674. The summed E-state index contributed by atoms with van der Waals surface area (Å²) in [5, 5.41) is 2.17. The van der Waals surface area contributed by atoms with Crippen LogP contribution >= 0.6 is 15.9 Å². The quantitative estimate of drug-likeness (QED) is 0.666. The summed E-state index contributed by atoms with van der Waals surface area (Å²) >= 11 is 3.27. The molecule has 0 radical (unpaired) electrons. The second-order valence-corrected chi connectivity index (χ2v) is 5.08. The Bertz CT molecular complexity index is 466. The molecule has 1 aromatic rings. The van der Waals surface area contributed by atoms with E-state index in [0.29, 0.717) is 5.56 Å². The Morgan fingerprint density at radius 1 is 1.31 bits per heavy atom. The van der Waals surface area contributed by atoms with Crippen LogP contribution in [0.3, 0.4) is 0 Å². The highest BCUT2D eigenvalue weighted by molar-refractivity contribution is 9.10. The van der Waals surface area contributed by atoms with Gasteiger partial charge in [0.15, 0.2) is 0 Å². The molecule has 68 valence electrons. The first-order valence-corrected chi connectivity index (χ1v) is 6.15. The van der Waals surface area contributed by atoms with Crippen LogP contribution in [0.5, 0.6) is 0 Å². The average molecular weight is 259 g/mol. The second-order valence-electron chi connectivity index (χ2n) is 2.48. The number of hydrogen-bond donors (Lipinski definition) is 0. The van der Waals surface area contributed by atoms with Gasteiger partial charge in [-0.25, -0.2) is 8.42 Å². The maximum absolute atomic E-state index is 10.7. The van der Waals surface area contributed by atoms with Crippen LogP contribution < -0.4 is 0 Å². The fraction of sp³-hybridized carbons (Fsp3) is 0.111. The van der Waals surface area contributed by atoms with Gasteiger partial charge >= 0.3 is 0 Å². The first-order valence-electron chi connectivity index (χ1n) is 3.46. The van der Waals surface area contributed by atoms with Crippen LogP contribution in [0, 0.1) is 11.2 Å². The lowest BCUT2D eigenvalue weighted by Gasteiger charge is -1.92. The van der Waals surface area contributed by atoms with Crippen LogP contribution in [0.2, 0.25) is 0 Å². The van der Waals surface area contributed by atoms with E-state index in [9.17, 15) is 8.42 Å². The van der Waals surface area contributed by atoms with Gasteiger partial charge in [0.2, 0.25) is 9.84 Å². The van der Waals surface area contributed by atoms with Gasteiger partial charge in [0.25, 0.3) is 0 Å². The molecule has 0 N–H and O–H groups in total. The van der Waals surface area contributed by atoms with E-state index < -0.39 is 9.84 Å². The highest BCUT2D eigenvalue weighted by Gasteiger charge is 1.95. The van der Waals surface area contributed by atoms with Gasteiger partial charge in [-0.05, 0) is 34.0 Å². The third-order valence-corrected chi connectivity index (χ3v) is 2.41. The maximum Gasteiger partial charge on any atom is 0.214 e. The molecule has 0 atom stereocenters. The van der Waals surface area contributed by atoms with Gasteiger partial charge in [0.05, 0.1) is 6.26 Å². The molecule has 0 aliphatic carbocycles. The molecule has 0 bridgehead atoms.